The van der Waals surface area contributed by atoms with Crippen LogP contribution in [0.25, 0.3) is 10.9 Å². The molecule has 2 rings (SSSR count). The van der Waals surface area contributed by atoms with E-state index in [1.807, 2.05) is 6.20 Å². The molecule has 0 saturated carbocycles. The van der Waals surface area contributed by atoms with Crippen molar-refractivity contribution in [2.24, 2.45) is 4.99 Å². The number of unbranched alkanes of at least 4 members (excludes halogenated alkanes) is 1. The number of nitrogens with zero attached hydrogens (tertiary/aromatic N) is 2. The van der Waals surface area contributed by atoms with Crippen LogP contribution in [0.1, 0.15) is 39.2 Å². The number of nitrogens with one attached hydrogen (secondary N) is 3. The van der Waals surface area contributed by atoms with E-state index in [0.717, 1.165) is 67.9 Å². The molecule has 0 amide bonds. The predicted octanol–water partition coefficient (Wildman–Crippen LogP) is 3.53. The fraction of sp³-hybridized carbons (Fsp3) is 0.571. The Hall–Kier alpha value is -2.08. The number of aliphatic imine (C=N–C) groups is 1. The Bertz CT molecular complexity index is 722. The Labute approximate surface area is 162 Å². The largest absolute Gasteiger partial charge is 0.361 e. The van der Waals surface area contributed by atoms with Crippen LogP contribution in [-0.2, 0) is 6.42 Å². The molecule has 1 aromatic heterocycles. The minimum absolute atomic E-state index is 0.200. The van der Waals surface area contributed by atoms with Crippen LogP contribution in [0.3, 0.4) is 0 Å². The highest BCUT2D eigenvalue weighted by Crippen LogP contribution is 2.19. The standard InChI is InChI=1S/C21H34FN5/c1-5-23-21(24-11-6-7-13-27(4)16(2)3)25-12-10-17-15-26-20-9-8-18(22)14-19(17)20/h8-9,14-16,26H,5-7,10-13H2,1-4H3,(H2,23,24,25). The van der Waals surface area contributed by atoms with Crippen LogP contribution in [-0.4, -0.2) is 55.1 Å². The van der Waals surface area contributed by atoms with Crippen molar-refractivity contribution in [3.8, 4) is 0 Å². The molecule has 0 fully saturated rings. The number of rotatable bonds is 10. The Balaban J connectivity index is 1.78. The summed E-state index contributed by atoms with van der Waals surface area (Å²) in [4.78, 5) is 10.2. The maximum absolute atomic E-state index is 13.5. The first-order valence-corrected chi connectivity index (χ1v) is 9.99. The monoisotopic (exact) mass is 375 g/mol. The summed E-state index contributed by atoms with van der Waals surface area (Å²) >= 11 is 0. The number of aromatic amines is 1. The highest BCUT2D eigenvalue weighted by molar-refractivity contribution is 5.83. The molecule has 0 aliphatic heterocycles. The van der Waals surface area contributed by atoms with E-state index in [-0.39, 0.29) is 5.82 Å². The molecule has 27 heavy (non-hydrogen) atoms. The molecule has 1 aromatic carbocycles. The second kappa shape index (κ2) is 10.9. The fourth-order valence-corrected chi connectivity index (χ4v) is 2.94. The summed E-state index contributed by atoms with van der Waals surface area (Å²) in [7, 11) is 2.16. The van der Waals surface area contributed by atoms with Gasteiger partial charge in [-0.25, -0.2) is 4.39 Å². The third kappa shape index (κ3) is 6.86. The van der Waals surface area contributed by atoms with E-state index >= 15 is 0 Å². The molecule has 0 atom stereocenters. The van der Waals surface area contributed by atoms with Crippen LogP contribution >= 0.6 is 0 Å². The van der Waals surface area contributed by atoms with Gasteiger partial charge in [0.2, 0.25) is 0 Å². The van der Waals surface area contributed by atoms with Gasteiger partial charge in [0.1, 0.15) is 5.82 Å². The number of halogens is 1. The first-order valence-electron chi connectivity index (χ1n) is 9.99. The number of H-pyrrole nitrogens is 1. The molecule has 3 N–H and O–H groups in total. The van der Waals surface area contributed by atoms with E-state index in [9.17, 15) is 4.39 Å². The molecule has 6 heteroatoms. The van der Waals surface area contributed by atoms with Crippen molar-refractivity contribution in [3.05, 3.63) is 35.8 Å². The van der Waals surface area contributed by atoms with Gasteiger partial charge in [-0.1, -0.05) is 0 Å². The zero-order chi connectivity index (χ0) is 19.6. The van der Waals surface area contributed by atoms with Gasteiger partial charge in [-0.15, -0.1) is 0 Å². The molecule has 0 saturated heterocycles. The molecule has 0 bridgehead atoms. The van der Waals surface area contributed by atoms with Gasteiger partial charge in [0.15, 0.2) is 5.96 Å². The van der Waals surface area contributed by atoms with Gasteiger partial charge in [-0.05, 0) is 77.4 Å². The summed E-state index contributed by atoms with van der Waals surface area (Å²) in [6, 6.07) is 5.44. The number of hydrogen-bond donors (Lipinski definition) is 3. The average Bonchev–Trinajstić information content (AvgIpc) is 3.03. The van der Waals surface area contributed by atoms with Crippen molar-refractivity contribution in [2.45, 2.75) is 46.1 Å². The minimum Gasteiger partial charge on any atom is -0.361 e. The maximum atomic E-state index is 13.5. The van der Waals surface area contributed by atoms with Crippen molar-refractivity contribution >= 4 is 16.9 Å². The molecule has 0 aliphatic carbocycles. The Kier molecular flexibility index (Phi) is 8.58. The molecule has 0 radical (unpaired) electrons. The number of guanidine groups is 1. The molecule has 5 nitrogen and oxygen atoms in total. The van der Waals surface area contributed by atoms with E-state index < -0.39 is 0 Å². The molecule has 150 valence electrons. The fourth-order valence-electron chi connectivity index (χ4n) is 2.94. The average molecular weight is 376 g/mol. The van der Waals surface area contributed by atoms with E-state index in [0.29, 0.717) is 6.04 Å². The van der Waals surface area contributed by atoms with Crippen molar-refractivity contribution in [1.29, 1.82) is 0 Å². The van der Waals surface area contributed by atoms with Gasteiger partial charge in [-0.2, -0.15) is 0 Å². The molecule has 2 aromatic rings. The first-order chi connectivity index (χ1) is 13.0. The minimum atomic E-state index is -0.200. The summed E-state index contributed by atoms with van der Waals surface area (Å²) in [5, 5.41) is 7.62. The van der Waals surface area contributed by atoms with Crippen molar-refractivity contribution in [2.75, 3.05) is 33.2 Å². The lowest BCUT2D eigenvalue weighted by molar-refractivity contribution is 0.269. The molecule has 1 heterocycles. The molecular weight excluding hydrogens is 341 g/mol. The Morgan fingerprint density at radius 2 is 2.07 bits per heavy atom. The second-order valence-corrected chi connectivity index (χ2v) is 7.22. The van der Waals surface area contributed by atoms with Gasteiger partial charge >= 0.3 is 0 Å². The summed E-state index contributed by atoms with van der Waals surface area (Å²) in [5.74, 6) is 0.648. The van der Waals surface area contributed by atoms with Crippen LogP contribution < -0.4 is 10.6 Å². The maximum Gasteiger partial charge on any atom is 0.191 e. The van der Waals surface area contributed by atoms with Crippen molar-refractivity contribution < 1.29 is 4.39 Å². The van der Waals surface area contributed by atoms with Gasteiger partial charge < -0.3 is 20.5 Å². The van der Waals surface area contributed by atoms with Gasteiger partial charge in [0.05, 0.1) is 0 Å². The Morgan fingerprint density at radius 1 is 1.26 bits per heavy atom. The van der Waals surface area contributed by atoms with E-state index in [1.54, 1.807) is 12.1 Å². The summed E-state index contributed by atoms with van der Waals surface area (Å²) < 4.78 is 13.5. The van der Waals surface area contributed by atoms with Crippen LogP contribution in [0, 0.1) is 5.82 Å². The number of benzene rings is 1. The van der Waals surface area contributed by atoms with Crippen LogP contribution in [0.4, 0.5) is 4.39 Å². The summed E-state index contributed by atoms with van der Waals surface area (Å²) in [5.41, 5.74) is 2.09. The van der Waals surface area contributed by atoms with E-state index in [4.69, 9.17) is 0 Å². The summed E-state index contributed by atoms with van der Waals surface area (Å²) in [6.45, 7) is 10.0. The lowest BCUT2D eigenvalue weighted by Gasteiger charge is -2.20. The quantitative estimate of drug-likeness (QED) is 0.338. The number of aromatic nitrogens is 1. The van der Waals surface area contributed by atoms with Crippen molar-refractivity contribution in [3.63, 3.8) is 0 Å². The molecule has 0 unspecified atom stereocenters. The highest BCUT2D eigenvalue weighted by atomic mass is 19.1. The second-order valence-electron chi connectivity index (χ2n) is 7.22. The van der Waals surface area contributed by atoms with E-state index in [1.165, 1.54) is 6.07 Å². The van der Waals surface area contributed by atoms with Gasteiger partial charge in [0, 0.05) is 42.8 Å². The molecular formula is C21H34FN5. The Morgan fingerprint density at radius 3 is 2.81 bits per heavy atom. The lowest BCUT2D eigenvalue weighted by atomic mass is 10.1. The van der Waals surface area contributed by atoms with Crippen LogP contribution in [0.15, 0.2) is 29.4 Å². The third-order valence-corrected chi connectivity index (χ3v) is 4.83. The van der Waals surface area contributed by atoms with Crippen molar-refractivity contribution in [1.82, 2.24) is 20.5 Å². The van der Waals surface area contributed by atoms with E-state index in [2.05, 4.69) is 53.3 Å². The number of hydrogen-bond acceptors (Lipinski definition) is 2. The predicted molar refractivity (Wildman–Crippen MR) is 113 cm³/mol. The van der Waals surface area contributed by atoms with Crippen LogP contribution in [0.5, 0.6) is 0 Å². The first kappa shape index (κ1) is 21.2. The zero-order valence-corrected chi connectivity index (χ0v) is 17.1. The lowest BCUT2D eigenvalue weighted by Crippen LogP contribution is -2.38. The SMILES string of the molecule is CCNC(=NCCCCN(C)C(C)C)NCCc1c[nH]c2ccc(F)cc12. The molecule has 0 spiro atoms. The third-order valence-electron chi connectivity index (χ3n) is 4.83. The highest BCUT2D eigenvalue weighted by Gasteiger charge is 2.06. The van der Waals surface area contributed by atoms with Gasteiger partial charge in [0.25, 0.3) is 0 Å². The normalized spacial score (nSPS) is 12.3. The zero-order valence-electron chi connectivity index (χ0n) is 17.1. The van der Waals surface area contributed by atoms with Gasteiger partial charge in [-0.3, -0.25) is 4.99 Å². The topological polar surface area (TPSA) is 55.5 Å². The molecule has 0 aliphatic rings. The number of fused-ring (bicyclic) bond motifs is 1. The summed E-state index contributed by atoms with van der Waals surface area (Å²) in [6.07, 6.45) is 5.00. The smallest absolute Gasteiger partial charge is 0.191 e. The van der Waals surface area contributed by atoms with Crippen LogP contribution in [0.2, 0.25) is 0 Å².